The topological polar surface area (TPSA) is 49.7 Å². The average molecular weight is 318 g/mol. The van der Waals surface area contributed by atoms with Crippen LogP contribution in [0.5, 0.6) is 0 Å². The maximum Gasteiger partial charge on any atom is 0.266 e. The Morgan fingerprint density at radius 1 is 1.10 bits per heavy atom. The molecule has 0 unspecified atom stereocenters. The number of sulfonamides is 1. The smallest absolute Gasteiger partial charge is 0.247 e. The molecule has 0 atom stereocenters. The second-order valence-corrected chi connectivity index (χ2v) is 7.70. The molecule has 1 aliphatic heterocycles. The van der Waals surface area contributed by atoms with Crippen LogP contribution in [0.3, 0.4) is 0 Å². The monoisotopic (exact) mass is 318 g/mol. The SMILES string of the molecule is Cc1ccc2c(c1)SC(=Nc1ccccc1)N(C)S2(=O)=O. The lowest BCUT2D eigenvalue weighted by Gasteiger charge is -2.27. The number of amidine groups is 1. The third-order valence-corrected chi connectivity index (χ3v) is 6.35. The Labute approximate surface area is 128 Å². The standard InChI is InChI=1S/C15H14N2O2S2/c1-11-8-9-14-13(10-11)20-15(17(2)21(14,18)19)16-12-6-4-3-5-7-12/h3-10H,1-2H3. The van der Waals surface area contributed by atoms with E-state index in [1.807, 2.05) is 49.4 Å². The Balaban J connectivity index is 2.13. The van der Waals surface area contributed by atoms with Crippen molar-refractivity contribution < 1.29 is 8.42 Å². The fourth-order valence-corrected chi connectivity index (χ4v) is 4.86. The van der Waals surface area contributed by atoms with Gasteiger partial charge in [0.1, 0.15) is 4.90 Å². The van der Waals surface area contributed by atoms with Crippen LogP contribution in [-0.4, -0.2) is 24.9 Å². The van der Waals surface area contributed by atoms with Crippen molar-refractivity contribution in [2.24, 2.45) is 4.99 Å². The first-order valence-electron chi connectivity index (χ1n) is 6.40. The van der Waals surface area contributed by atoms with Crippen molar-refractivity contribution in [2.75, 3.05) is 7.05 Å². The van der Waals surface area contributed by atoms with Gasteiger partial charge in [0.15, 0.2) is 5.17 Å². The van der Waals surface area contributed by atoms with E-state index in [4.69, 9.17) is 0 Å². The Hall–Kier alpha value is -1.79. The van der Waals surface area contributed by atoms with Crippen molar-refractivity contribution in [1.29, 1.82) is 0 Å². The molecular weight excluding hydrogens is 304 g/mol. The molecule has 0 amide bonds. The average Bonchev–Trinajstić information content (AvgIpc) is 2.45. The Morgan fingerprint density at radius 3 is 2.52 bits per heavy atom. The van der Waals surface area contributed by atoms with Crippen LogP contribution in [-0.2, 0) is 10.0 Å². The van der Waals surface area contributed by atoms with Gasteiger partial charge in [-0.05, 0) is 48.5 Å². The highest BCUT2D eigenvalue weighted by Crippen LogP contribution is 2.37. The van der Waals surface area contributed by atoms with Gasteiger partial charge in [-0.15, -0.1) is 0 Å². The molecule has 108 valence electrons. The van der Waals surface area contributed by atoms with Gasteiger partial charge in [0.05, 0.1) is 5.69 Å². The molecule has 1 heterocycles. The number of aliphatic imine (C=N–C) groups is 1. The van der Waals surface area contributed by atoms with E-state index >= 15 is 0 Å². The lowest BCUT2D eigenvalue weighted by atomic mass is 10.2. The number of fused-ring (bicyclic) bond motifs is 1. The van der Waals surface area contributed by atoms with E-state index in [1.165, 1.54) is 23.1 Å². The van der Waals surface area contributed by atoms with Gasteiger partial charge >= 0.3 is 0 Å². The van der Waals surface area contributed by atoms with E-state index in [2.05, 4.69) is 4.99 Å². The first-order chi connectivity index (χ1) is 9.98. The third-order valence-electron chi connectivity index (χ3n) is 3.19. The second kappa shape index (κ2) is 5.20. The van der Waals surface area contributed by atoms with Crippen molar-refractivity contribution >= 4 is 32.6 Å². The third kappa shape index (κ3) is 2.56. The minimum Gasteiger partial charge on any atom is -0.247 e. The van der Waals surface area contributed by atoms with Gasteiger partial charge in [0, 0.05) is 11.9 Å². The predicted octanol–water partition coefficient (Wildman–Crippen LogP) is 3.41. The Kier molecular flexibility index (Phi) is 3.51. The normalized spacial score (nSPS) is 18.6. The van der Waals surface area contributed by atoms with E-state index < -0.39 is 10.0 Å². The summed E-state index contributed by atoms with van der Waals surface area (Å²) < 4.78 is 26.3. The van der Waals surface area contributed by atoms with Crippen LogP contribution < -0.4 is 0 Å². The zero-order valence-electron chi connectivity index (χ0n) is 11.6. The van der Waals surface area contributed by atoms with Gasteiger partial charge in [-0.2, -0.15) is 0 Å². The second-order valence-electron chi connectivity index (χ2n) is 4.75. The number of hydrogen-bond acceptors (Lipinski definition) is 4. The molecule has 0 spiro atoms. The van der Waals surface area contributed by atoms with Gasteiger partial charge < -0.3 is 0 Å². The molecule has 0 aromatic heterocycles. The van der Waals surface area contributed by atoms with E-state index in [0.717, 1.165) is 16.1 Å². The first-order valence-corrected chi connectivity index (χ1v) is 8.65. The minimum absolute atomic E-state index is 0.340. The van der Waals surface area contributed by atoms with Gasteiger partial charge in [0.25, 0.3) is 10.0 Å². The summed E-state index contributed by atoms with van der Waals surface area (Å²) in [5, 5.41) is 0.458. The highest BCUT2D eigenvalue weighted by Gasteiger charge is 2.33. The van der Waals surface area contributed by atoms with Crippen LogP contribution in [0.15, 0.2) is 63.3 Å². The first kappa shape index (κ1) is 14.2. The van der Waals surface area contributed by atoms with Crippen molar-refractivity contribution in [2.45, 2.75) is 16.7 Å². The highest BCUT2D eigenvalue weighted by molar-refractivity contribution is 8.16. The molecular formula is C15H14N2O2S2. The number of aryl methyl sites for hydroxylation is 1. The largest absolute Gasteiger partial charge is 0.266 e. The number of hydrogen-bond donors (Lipinski definition) is 0. The summed E-state index contributed by atoms with van der Waals surface area (Å²) in [6, 6.07) is 14.7. The van der Waals surface area contributed by atoms with Crippen molar-refractivity contribution in [3.63, 3.8) is 0 Å². The number of benzene rings is 2. The van der Waals surface area contributed by atoms with Crippen LogP contribution in [0.4, 0.5) is 5.69 Å². The number of rotatable bonds is 1. The molecule has 0 fully saturated rings. The zero-order chi connectivity index (χ0) is 15.0. The fourth-order valence-electron chi connectivity index (χ4n) is 2.03. The molecule has 6 heteroatoms. The summed E-state index contributed by atoms with van der Waals surface area (Å²) in [6.07, 6.45) is 0. The summed E-state index contributed by atoms with van der Waals surface area (Å²) in [4.78, 5) is 5.51. The van der Waals surface area contributed by atoms with E-state index in [1.54, 1.807) is 6.07 Å². The molecule has 4 nitrogen and oxygen atoms in total. The fraction of sp³-hybridized carbons (Fsp3) is 0.133. The molecule has 0 aliphatic carbocycles. The number of nitrogens with zero attached hydrogens (tertiary/aromatic N) is 2. The molecule has 0 saturated heterocycles. The molecule has 1 aliphatic rings. The maximum atomic E-state index is 12.5. The molecule has 21 heavy (non-hydrogen) atoms. The van der Waals surface area contributed by atoms with Crippen LogP contribution >= 0.6 is 11.8 Å². The van der Waals surface area contributed by atoms with Gasteiger partial charge in [-0.3, -0.25) is 0 Å². The van der Waals surface area contributed by atoms with E-state index in [0.29, 0.717) is 10.1 Å². The molecule has 2 aromatic carbocycles. The van der Waals surface area contributed by atoms with Crippen LogP contribution in [0, 0.1) is 6.92 Å². The summed E-state index contributed by atoms with van der Waals surface area (Å²) in [7, 11) is -1.99. The maximum absolute atomic E-state index is 12.5. The van der Waals surface area contributed by atoms with Crippen molar-refractivity contribution in [1.82, 2.24) is 4.31 Å². The summed E-state index contributed by atoms with van der Waals surface area (Å²) in [6.45, 7) is 1.94. The van der Waals surface area contributed by atoms with Crippen molar-refractivity contribution in [3.05, 3.63) is 54.1 Å². The van der Waals surface area contributed by atoms with Crippen LogP contribution in [0.25, 0.3) is 0 Å². The Bertz CT molecular complexity index is 815. The molecule has 0 radical (unpaired) electrons. The molecule has 0 N–H and O–H groups in total. The molecule has 2 aromatic rings. The molecule has 0 saturated carbocycles. The van der Waals surface area contributed by atoms with Gasteiger partial charge in [-0.1, -0.05) is 24.3 Å². The van der Waals surface area contributed by atoms with E-state index in [-0.39, 0.29) is 0 Å². The highest BCUT2D eigenvalue weighted by atomic mass is 32.2. The quantitative estimate of drug-likeness (QED) is 0.809. The molecule has 3 rings (SSSR count). The van der Waals surface area contributed by atoms with Gasteiger partial charge in [-0.25, -0.2) is 17.7 Å². The van der Waals surface area contributed by atoms with Crippen LogP contribution in [0.1, 0.15) is 5.56 Å². The summed E-state index contributed by atoms with van der Waals surface area (Å²) >= 11 is 1.37. The number of para-hydroxylation sites is 1. The van der Waals surface area contributed by atoms with Crippen molar-refractivity contribution in [3.8, 4) is 0 Å². The van der Waals surface area contributed by atoms with Crippen LogP contribution in [0.2, 0.25) is 0 Å². The van der Waals surface area contributed by atoms with Gasteiger partial charge in [0.2, 0.25) is 0 Å². The minimum atomic E-state index is -3.53. The Morgan fingerprint density at radius 2 is 1.81 bits per heavy atom. The summed E-state index contributed by atoms with van der Waals surface area (Å²) in [5.74, 6) is 0. The zero-order valence-corrected chi connectivity index (χ0v) is 13.3. The summed E-state index contributed by atoms with van der Waals surface area (Å²) in [5.41, 5.74) is 1.76. The van der Waals surface area contributed by atoms with E-state index in [9.17, 15) is 8.42 Å². The lowest BCUT2D eigenvalue weighted by molar-refractivity contribution is 0.551. The lowest BCUT2D eigenvalue weighted by Crippen LogP contribution is -2.34. The predicted molar refractivity (Wildman–Crippen MR) is 85.5 cm³/mol. The molecule has 0 bridgehead atoms. The number of thioether (sulfide) groups is 1.